The summed E-state index contributed by atoms with van der Waals surface area (Å²) in [6.45, 7) is 0. The monoisotopic (exact) mass is 220 g/mol. The number of aromatic nitrogens is 1. The Balaban J connectivity index is 1.96. The van der Waals surface area contributed by atoms with Crippen molar-refractivity contribution in [2.75, 3.05) is 5.32 Å². The van der Waals surface area contributed by atoms with Crippen LogP contribution in [0.3, 0.4) is 0 Å². The van der Waals surface area contributed by atoms with Gasteiger partial charge in [0.1, 0.15) is 0 Å². The number of amides is 1. The molecule has 84 valence electrons. The minimum atomic E-state index is -0.543. The summed E-state index contributed by atoms with van der Waals surface area (Å²) in [5, 5.41) is 2.74. The van der Waals surface area contributed by atoms with Crippen LogP contribution in [0.5, 0.6) is 0 Å². The van der Waals surface area contributed by atoms with Crippen LogP contribution >= 0.6 is 0 Å². The van der Waals surface area contributed by atoms with Crippen LogP contribution in [0.1, 0.15) is 19.3 Å². The maximum atomic E-state index is 12.5. The first-order valence-electron chi connectivity index (χ1n) is 5.33. The van der Waals surface area contributed by atoms with Gasteiger partial charge in [0.2, 0.25) is 11.9 Å². The fourth-order valence-corrected chi connectivity index (χ4v) is 1.73. The zero-order valence-corrected chi connectivity index (χ0v) is 8.82. The van der Waals surface area contributed by atoms with Gasteiger partial charge in [0.25, 0.3) is 0 Å². The highest BCUT2D eigenvalue weighted by molar-refractivity contribution is 5.92. The first-order chi connectivity index (χ1) is 7.75. The minimum absolute atomic E-state index is 0.0160. The zero-order chi connectivity index (χ0) is 11.4. The van der Waals surface area contributed by atoms with Crippen molar-refractivity contribution in [3.05, 3.63) is 36.4 Å². The molecule has 0 aromatic carbocycles. The quantitative estimate of drug-likeness (QED) is 0.614. The van der Waals surface area contributed by atoms with E-state index in [0.29, 0.717) is 5.69 Å². The normalized spacial score (nSPS) is 19.4. The Labute approximate surface area is 93.4 Å². The molecule has 0 fully saturated rings. The molecule has 1 atom stereocenters. The number of pyridine rings is 1. The van der Waals surface area contributed by atoms with E-state index in [4.69, 9.17) is 0 Å². The Bertz CT molecular complexity index is 400. The molecule has 1 amide bonds. The summed E-state index contributed by atoms with van der Waals surface area (Å²) in [5.41, 5.74) is 0.543. The number of hydrogen-bond acceptors (Lipinski definition) is 2. The van der Waals surface area contributed by atoms with Crippen molar-refractivity contribution in [3.63, 3.8) is 0 Å². The molecule has 1 aromatic rings. The molecule has 1 heterocycles. The van der Waals surface area contributed by atoms with Crippen LogP contribution in [0, 0.1) is 11.9 Å². The predicted octanol–water partition coefficient (Wildman–Crippen LogP) is 2.52. The van der Waals surface area contributed by atoms with E-state index in [0.717, 1.165) is 19.3 Å². The van der Waals surface area contributed by atoms with Gasteiger partial charge in [-0.05, 0) is 31.4 Å². The molecule has 0 aliphatic heterocycles. The van der Waals surface area contributed by atoms with E-state index in [1.807, 2.05) is 6.08 Å². The summed E-state index contributed by atoms with van der Waals surface area (Å²) >= 11 is 0. The van der Waals surface area contributed by atoms with Crippen LogP contribution in [0.4, 0.5) is 10.1 Å². The van der Waals surface area contributed by atoms with E-state index >= 15 is 0 Å². The van der Waals surface area contributed by atoms with Gasteiger partial charge in [-0.25, -0.2) is 4.98 Å². The highest BCUT2D eigenvalue weighted by atomic mass is 19.1. The Hall–Kier alpha value is -1.71. The molecule has 16 heavy (non-hydrogen) atoms. The van der Waals surface area contributed by atoms with E-state index in [1.165, 1.54) is 18.3 Å². The molecule has 0 saturated heterocycles. The third kappa shape index (κ3) is 2.66. The molecule has 0 saturated carbocycles. The molecule has 0 spiro atoms. The SMILES string of the molecule is O=C(Nc1ccc(F)nc1)C1CC=CCC1. The standard InChI is InChI=1S/C12H13FN2O/c13-11-7-6-10(8-14-11)15-12(16)9-4-2-1-3-5-9/h1-2,6-9H,3-5H2,(H,15,16). The second-order valence-corrected chi connectivity index (χ2v) is 3.84. The first-order valence-corrected chi connectivity index (χ1v) is 5.33. The molecular weight excluding hydrogens is 207 g/mol. The Morgan fingerprint density at radius 3 is 2.94 bits per heavy atom. The van der Waals surface area contributed by atoms with Crippen LogP contribution in [0.25, 0.3) is 0 Å². The largest absolute Gasteiger partial charge is 0.324 e. The minimum Gasteiger partial charge on any atom is -0.324 e. The molecule has 1 N–H and O–H groups in total. The van der Waals surface area contributed by atoms with E-state index in [2.05, 4.69) is 16.4 Å². The van der Waals surface area contributed by atoms with E-state index in [9.17, 15) is 9.18 Å². The number of anilines is 1. The lowest BCUT2D eigenvalue weighted by Crippen LogP contribution is -2.23. The van der Waals surface area contributed by atoms with Crippen LogP contribution in [0.2, 0.25) is 0 Å². The van der Waals surface area contributed by atoms with Crippen molar-refractivity contribution in [2.24, 2.45) is 5.92 Å². The summed E-state index contributed by atoms with van der Waals surface area (Å²) in [4.78, 5) is 15.3. The summed E-state index contributed by atoms with van der Waals surface area (Å²) in [5.74, 6) is -0.536. The Morgan fingerprint density at radius 1 is 1.44 bits per heavy atom. The maximum absolute atomic E-state index is 12.5. The third-order valence-electron chi connectivity index (χ3n) is 2.63. The van der Waals surface area contributed by atoms with Gasteiger partial charge in [-0.15, -0.1) is 0 Å². The highest BCUT2D eigenvalue weighted by Crippen LogP contribution is 2.19. The second-order valence-electron chi connectivity index (χ2n) is 3.84. The van der Waals surface area contributed by atoms with Crippen molar-refractivity contribution >= 4 is 11.6 Å². The van der Waals surface area contributed by atoms with Crippen molar-refractivity contribution in [2.45, 2.75) is 19.3 Å². The van der Waals surface area contributed by atoms with Crippen LogP contribution in [0.15, 0.2) is 30.5 Å². The third-order valence-corrected chi connectivity index (χ3v) is 2.63. The molecule has 0 bridgehead atoms. The van der Waals surface area contributed by atoms with Gasteiger partial charge < -0.3 is 5.32 Å². The van der Waals surface area contributed by atoms with Crippen LogP contribution in [-0.4, -0.2) is 10.9 Å². The van der Waals surface area contributed by atoms with Gasteiger partial charge in [-0.2, -0.15) is 4.39 Å². The number of carbonyl (C=O) groups is 1. The molecule has 1 aliphatic carbocycles. The Kier molecular flexibility index (Phi) is 3.29. The van der Waals surface area contributed by atoms with E-state index in [1.54, 1.807) is 0 Å². The van der Waals surface area contributed by atoms with Crippen molar-refractivity contribution in [3.8, 4) is 0 Å². The number of hydrogen-bond donors (Lipinski definition) is 1. The molecule has 4 heteroatoms. The highest BCUT2D eigenvalue weighted by Gasteiger charge is 2.18. The van der Waals surface area contributed by atoms with Gasteiger partial charge >= 0.3 is 0 Å². The first kappa shape index (κ1) is 10.8. The van der Waals surface area contributed by atoms with Crippen molar-refractivity contribution < 1.29 is 9.18 Å². The molecular formula is C12H13FN2O. The van der Waals surface area contributed by atoms with E-state index in [-0.39, 0.29) is 11.8 Å². The predicted molar refractivity (Wildman–Crippen MR) is 59.3 cm³/mol. The fourth-order valence-electron chi connectivity index (χ4n) is 1.73. The molecule has 1 aromatic heterocycles. The number of halogens is 1. The summed E-state index contributed by atoms with van der Waals surface area (Å²) in [6.07, 6.45) is 8.03. The lowest BCUT2D eigenvalue weighted by Gasteiger charge is -2.16. The number of rotatable bonds is 2. The number of allylic oxidation sites excluding steroid dienone is 2. The van der Waals surface area contributed by atoms with Crippen molar-refractivity contribution in [1.82, 2.24) is 4.98 Å². The van der Waals surface area contributed by atoms with E-state index < -0.39 is 5.95 Å². The molecule has 3 nitrogen and oxygen atoms in total. The summed E-state index contributed by atoms with van der Waals surface area (Å²) in [6, 6.07) is 2.75. The van der Waals surface area contributed by atoms with Gasteiger partial charge in [0, 0.05) is 5.92 Å². The van der Waals surface area contributed by atoms with Crippen molar-refractivity contribution in [1.29, 1.82) is 0 Å². The average molecular weight is 220 g/mol. The number of carbonyl (C=O) groups excluding carboxylic acids is 1. The second kappa shape index (κ2) is 4.88. The zero-order valence-electron chi connectivity index (χ0n) is 8.82. The topological polar surface area (TPSA) is 42.0 Å². The lowest BCUT2D eigenvalue weighted by atomic mass is 9.93. The van der Waals surface area contributed by atoms with Gasteiger partial charge in [-0.3, -0.25) is 4.79 Å². The number of nitrogens with zero attached hydrogens (tertiary/aromatic N) is 1. The van der Waals surface area contributed by atoms with Crippen LogP contribution < -0.4 is 5.32 Å². The molecule has 0 radical (unpaired) electrons. The van der Waals surface area contributed by atoms with Gasteiger partial charge in [0.05, 0.1) is 11.9 Å². The molecule has 1 unspecified atom stereocenters. The lowest BCUT2D eigenvalue weighted by molar-refractivity contribution is -0.120. The molecule has 2 rings (SSSR count). The number of nitrogens with one attached hydrogen (secondary N) is 1. The fraction of sp³-hybridized carbons (Fsp3) is 0.333. The van der Waals surface area contributed by atoms with Crippen LogP contribution in [-0.2, 0) is 4.79 Å². The maximum Gasteiger partial charge on any atom is 0.227 e. The summed E-state index contributed by atoms with van der Waals surface area (Å²) in [7, 11) is 0. The van der Waals surface area contributed by atoms with Gasteiger partial charge in [-0.1, -0.05) is 12.2 Å². The average Bonchev–Trinajstić information content (AvgIpc) is 2.33. The molecule has 1 aliphatic rings. The Morgan fingerprint density at radius 2 is 2.31 bits per heavy atom. The summed E-state index contributed by atoms with van der Waals surface area (Å²) < 4.78 is 12.5. The smallest absolute Gasteiger partial charge is 0.227 e. The van der Waals surface area contributed by atoms with Gasteiger partial charge in [0.15, 0.2) is 0 Å².